The lowest BCUT2D eigenvalue weighted by molar-refractivity contribution is 0.151. The molecule has 90 valence electrons. The molecule has 0 aliphatic heterocycles. The van der Waals surface area contributed by atoms with Crippen LogP contribution in [-0.2, 0) is 5.60 Å². The van der Waals surface area contributed by atoms with Gasteiger partial charge in [-0.05, 0) is 51.3 Å². The van der Waals surface area contributed by atoms with Crippen LogP contribution in [0.1, 0.15) is 44.1 Å². The molecule has 1 aliphatic carbocycles. The van der Waals surface area contributed by atoms with E-state index in [1.54, 1.807) is 0 Å². The molecule has 3 heteroatoms. The number of fused-ring (bicyclic) bond motifs is 1. The molecule has 0 radical (unpaired) electrons. The fraction of sp³-hybridized carbons (Fsp3) is 0.500. The van der Waals surface area contributed by atoms with Crippen LogP contribution in [0.25, 0.3) is 11.0 Å². The standard InChI is InChI=1S/C14H18N2O/c1-9(2)16-10(3)15-12-8-11(4-5-13(12)16)14(17)6-7-14/h4-5,8-9,17H,6-7H2,1-3H3. The largest absolute Gasteiger partial charge is 0.385 e. The molecule has 17 heavy (non-hydrogen) atoms. The number of benzene rings is 1. The molecule has 0 atom stereocenters. The Morgan fingerprint density at radius 3 is 2.65 bits per heavy atom. The van der Waals surface area contributed by atoms with E-state index >= 15 is 0 Å². The number of aryl methyl sites for hydroxylation is 1. The fourth-order valence-corrected chi connectivity index (χ4v) is 2.57. The van der Waals surface area contributed by atoms with Crippen molar-refractivity contribution in [2.24, 2.45) is 0 Å². The number of nitrogens with zero attached hydrogens (tertiary/aromatic N) is 2. The van der Waals surface area contributed by atoms with Crippen molar-refractivity contribution in [1.29, 1.82) is 0 Å². The van der Waals surface area contributed by atoms with Crippen molar-refractivity contribution in [3.05, 3.63) is 29.6 Å². The van der Waals surface area contributed by atoms with E-state index in [0.717, 1.165) is 35.3 Å². The summed E-state index contributed by atoms with van der Waals surface area (Å²) in [6.45, 7) is 6.36. The van der Waals surface area contributed by atoms with Crippen LogP contribution in [0.3, 0.4) is 0 Å². The third-order valence-electron chi connectivity index (χ3n) is 3.64. The Labute approximate surface area is 101 Å². The van der Waals surface area contributed by atoms with Crippen LogP contribution in [0.5, 0.6) is 0 Å². The fourth-order valence-electron chi connectivity index (χ4n) is 2.57. The molecule has 0 unspecified atom stereocenters. The van der Waals surface area contributed by atoms with E-state index in [1.165, 1.54) is 0 Å². The quantitative estimate of drug-likeness (QED) is 0.861. The Morgan fingerprint density at radius 2 is 2.06 bits per heavy atom. The SMILES string of the molecule is Cc1nc2cc(C3(O)CC3)ccc2n1C(C)C. The first-order chi connectivity index (χ1) is 8.01. The first kappa shape index (κ1) is 10.8. The Bertz CT molecular complexity index is 579. The lowest BCUT2D eigenvalue weighted by Gasteiger charge is -2.11. The summed E-state index contributed by atoms with van der Waals surface area (Å²) in [5.74, 6) is 1.04. The second-order valence-corrected chi connectivity index (χ2v) is 5.36. The first-order valence-electron chi connectivity index (χ1n) is 6.23. The zero-order chi connectivity index (χ0) is 12.2. The molecule has 1 N–H and O–H groups in total. The van der Waals surface area contributed by atoms with Crippen molar-refractivity contribution in [2.75, 3.05) is 0 Å². The lowest BCUT2D eigenvalue weighted by Crippen LogP contribution is -2.04. The summed E-state index contributed by atoms with van der Waals surface area (Å²) < 4.78 is 2.23. The average molecular weight is 230 g/mol. The van der Waals surface area contributed by atoms with Gasteiger partial charge in [0.1, 0.15) is 5.82 Å². The second kappa shape index (κ2) is 3.33. The summed E-state index contributed by atoms with van der Waals surface area (Å²) in [5.41, 5.74) is 2.60. The summed E-state index contributed by atoms with van der Waals surface area (Å²) in [7, 11) is 0. The second-order valence-electron chi connectivity index (χ2n) is 5.36. The van der Waals surface area contributed by atoms with Gasteiger partial charge < -0.3 is 9.67 Å². The zero-order valence-corrected chi connectivity index (χ0v) is 10.6. The highest BCUT2D eigenvalue weighted by Crippen LogP contribution is 2.45. The Kier molecular flexibility index (Phi) is 2.11. The Hall–Kier alpha value is -1.35. The molecular weight excluding hydrogens is 212 g/mol. The zero-order valence-electron chi connectivity index (χ0n) is 10.6. The minimum Gasteiger partial charge on any atom is -0.385 e. The lowest BCUT2D eigenvalue weighted by atomic mass is 10.1. The van der Waals surface area contributed by atoms with Crippen LogP contribution >= 0.6 is 0 Å². The van der Waals surface area contributed by atoms with Gasteiger partial charge in [-0.2, -0.15) is 0 Å². The van der Waals surface area contributed by atoms with Crippen LogP contribution in [0.15, 0.2) is 18.2 Å². The molecule has 1 aromatic carbocycles. The van der Waals surface area contributed by atoms with Crippen molar-refractivity contribution in [1.82, 2.24) is 9.55 Å². The highest BCUT2D eigenvalue weighted by Gasteiger charge is 2.42. The average Bonchev–Trinajstić information content (AvgIpc) is 2.91. The molecular formula is C14H18N2O. The van der Waals surface area contributed by atoms with Crippen molar-refractivity contribution >= 4 is 11.0 Å². The Morgan fingerprint density at radius 1 is 1.35 bits per heavy atom. The molecule has 0 bridgehead atoms. The van der Waals surface area contributed by atoms with Gasteiger partial charge in [-0.1, -0.05) is 6.07 Å². The Balaban J connectivity index is 2.19. The van der Waals surface area contributed by atoms with Crippen LogP contribution < -0.4 is 0 Å². The van der Waals surface area contributed by atoms with Crippen molar-refractivity contribution < 1.29 is 5.11 Å². The maximum Gasteiger partial charge on any atom is 0.106 e. The van der Waals surface area contributed by atoms with E-state index in [0.29, 0.717) is 6.04 Å². The predicted octanol–water partition coefficient (Wildman–Crippen LogP) is 2.91. The summed E-state index contributed by atoms with van der Waals surface area (Å²) in [6, 6.07) is 6.57. The molecule has 1 aromatic heterocycles. The predicted molar refractivity (Wildman–Crippen MR) is 68.0 cm³/mol. The summed E-state index contributed by atoms with van der Waals surface area (Å²) in [6.07, 6.45) is 1.75. The van der Waals surface area contributed by atoms with Crippen LogP contribution in [0.4, 0.5) is 0 Å². The third kappa shape index (κ3) is 1.57. The van der Waals surface area contributed by atoms with Crippen LogP contribution in [0.2, 0.25) is 0 Å². The molecule has 3 nitrogen and oxygen atoms in total. The normalized spacial score (nSPS) is 17.9. The first-order valence-corrected chi connectivity index (χ1v) is 6.23. The number of hydrogen-bond donors (Lipinski definition) is 1. The molecule has 0 spiro atoms. The van der Waals surface area contributed by atoms with Crippen molar-refractivity contribution in [3.63, 3.8) is 0 Å². The van der Waals surface area contributed by atoms with Gasteiger partial charge in [-0.15, -0.1) is 0 Å². The monoisotopic (exact) mass is 230 g/mol. The van der Waals surface area contributed by atoms with E-state index < -0.39 is 5.60 Å². The van der Waals surface area contributed by atoms with Gasteiger partial charge in [0, 0.05) is 6.04 Å². The number of hydrogen-bond acceptors (Lipinski definition) is 2. The maximum absolute atomic E-state index is 10.1. The van der Waals surface area contributed by atoms with Gasteiger partial charge in [0.05, 0.1) is 16.6 Å². The molecule has 1 aliphatic rings. The summed E-state index contributed by atoms with van der Waals surface area (Å²) in [4.78, 5) is 4.59. The summed E-state index contributed by atoms with van der Waals surface area (Å²) in [5, 5.41) is 10.1. The number of aliphatic hydroxyl groups is 1. The maximum atomic E-state index is 10.1. The van der Waals surface area contributed by atoms with E-state index in [-0.39, 0.29) is 0 Å². The molecule has 0 amide bonds. The van der Waals surface area contributed by atoms with Gasteiger partial charge in [0.25, 0.3) is 0 Å². The smallest absolute Gasteiger partial charge is 0.106 e. The highest BCUT2D eigenvalue weighted by atomic mass is 16.3. The van der Waals surface area contributed by atoms with Gasteiger partial charge in [-0.3, -0.25) is 0 Å². The van der Waals surface area contributed by atoms with Gasteiger partial charge in [0.2, 0.25) is 0 Å². The van der Waals surface area contributed by atoms with Crippen LogP contribution in [0, 0.1) is 6.92 Å². The van der Waals surface area contributed by atoms with Gasteiger partial charge in [-0.25, -0.2) is 4.98 Å². The molecule has 1 fully saturated rings. The third-order valence-corrected chi connectivity index (χ3v) is 3.64. The minimum absolute atomic E-state index is 0.412. The number of aromatic nitrogens is 2. The van der Waals surface area contributed by atoms with Gasteiger partial charge >= 0.3 is 0 Å². The van der Waals surface area contributed by atoms with Crippen LogP contribution in [-0.4, -0.2) is 14.7 Å². The molecule has 0 saturated heterocycles. The molecule has 2 aromatic rings. The topological polar surface area (TPSA) is 38.1 Å². The van der Waals surface area contributed by atoms with E-state index in [2.05, 4.69) is 29.5 Å². The van der Waals surface area contributed by atoms with E-state index in [9.17, 15) is 5.11 Å². The van der Waals surface area contributed by atoms with E-state index in [1.807, 2.05) is 19.1 Å². The molecule has 1 saturated carbocycles. The highest BCUT2D eigenvalue weighted by molar-refractivity contribution is 5.77. The number of rotatable bonds is 2. The van der Waals surface area contributed by atoms with Gasteiger partial charge in [0.15, 0.2) is 0 Å². The molecule has 3 rings (SSSR count). The van der Waals surface area contributed by atoms with Crippen molar-refractivity contribution in [3.8, 4) is 0 Å². The molecule has 1 heterocycles. The number of imidazole rings is 1. The minimum atomic E-state index is -0.566. The summed E-state index contributed by atoms with van der Waals surface area (Å²) >= 11 is 0. The van der Waals surface area contributed by atoms with Crippen molar-refractivity contribution in [2.45, 2.75) is 45.3 Å². The van der Waals surface area contributed by atoms with E-state index in [4.69, 9.17) is 0 Å².